The number of benzene rings is 1. The van der Waals surface area contributed by atoms with E-state index in [0.717, 1.165) is 6.08 Å². The van der Waals surface area contributed by atoms with Crippen LogP contribution in [0.3, 0.4) is 0 Å². The van der Waals surface area contributed by atoms with Crippen LogP contribution in [0.2, 0.25) is 0 Å². The van der Waals surface area contributed by atoms with Crippen LogP contribution in [0, 0.1) is 0 Å². The molecule has 0 aromatic heterocycles. The number of carbonyl (C=O) groups excluding carboxylic acids is 1. The van der Waals surface area contributed by atoms with Gasteiger partial charge in [-0.2, -0.15) is 16.8 Å². The van der Waals surface area contributed by atoms with E-state index in [2.05, 4.69) is 8.37 Å². The fourth-order valence-electron chi connectivity index (χ4n) is 3.39. The first-order chi connectivity index (χ1) is 16.2. The number of hydrogen-bond donors (Lipinski definition) is 4. The molecular formula is C17H22N2O13S4. The number of Topliss-reactive ketones (excluding diaryl/α,β-unsaturated/α-hetero) is 1. The maximum absolute atomic E-state index is 13.3. The highest BCUT2D eigenvalue weighted by molar-refractivity contribution is 8.10. The normalized spacial score (nSPS) is 17.9. The molecule has 0 bridgehead atoms. The molecule has 1 aromatic carbocycles. The Bertz CT molecular complexity index is 1420. The van der Waals surface area contributed by atoms with Gasteiger partial charge in [0, 0.05) is 11.1 Å². The molecule has 0 unspecified atom stereocenters. The van der Waals surface area contributed by atoms with Crippen molar-refractivity contribution in [3.05, 3.63) is 59.7 Å². The summed E-state index contributed by atoms with van der Waals surface area (Å²) in [7, 11) is -20.5. The van der Waals surface area contributed by atoms with Crippen LogP contribution in [0.15, 0.2) is 54.1 Å². The second-order valence-corrected chi connectivity index (χ2v) is 14.4. The van der Waals surface area contributed by atoms with Gasteiger partial charge in [0.05, 0.1) is 24.7 Å². The zero-order chi connectivity index (χ0) is 27.6. The monoisotopic (exact) mass is 590 g/mol. The third-order valence-electron chi connectivity index (χ3n) is 4.87. The predicted molar refractivity (Wildman–Crippen MR) is 124 cm³/mol. The zero-order valence-electron chi connectivity index (χ0n) is 18.1. The van der Waals surface area contributed by atoms with Gasteiger partial charge in [-0.15, -0.1) is 0 Å². The molecule has 1 aromatic rings. The average Bonchev–Trinajstić information content (AvgIpc) is 2.70. The molecule has 6 N–H and O–H groups in total. The van der Waals surface area contributed by atoms with Crippen molar-refractivity contribution >= 4 is 46.3 Å². The van der Waals surface area contributed by atoms with Gasteiger partial charge in [0.1, 0.15) is 5.66 Å². The second-order valence-electron chi connectivity index (χ2n) is 7.37. The van der Waals surface area contributed by atoms with Gasteiger partial charge in [-0.3, -0.25) is 13.9 Å². The Morgan fingerprint density at radius 2 is 1.25 bits per heavy atom. The van der Waals surface area contributed by atoms with Crippen LogP contribution in [0.4, 0.5) is 0 Å². The molecule has 0 spiro atoms. The summed E-state index contributed by atoms with van der Waals surface area (Å²) >= 11 is 0. The van der Waals surface area contributed by atoms with E-state index in [1.165, 1.54) is 24.3 Å². The minimum absolute atomic E-state index is 0.130. The third kappa shape index (κ3) is 6.62. The molecule has 0 saturated heterocycles. The van der Waals surface area contributed by atoms with Gasteiger partial charge in [-0.25, -0.2) is 25.2 Å². The van der Waals surface area contributed by atoms with Gasteiger partial charge in [-0.05, 0) is 12.2 Å². The Kier molecular flexibility index (Phi) is 8.68. The second kappa shape index (κ2) is 10.4. The Morgan fingerprint density at radius 3 is 1.64 bits per heavy atom. The lowest BCUT2D eigenvalue weighted by atomic mass is 9.92. The lowest BCUT2D eigenvalue weighted by Gasteiger charge is -2.42. The zero-order valence-corrected chi connectivity index (χ0v) is 21.4. The van der Waals surface area contributed by atoms with Gasteiger partial charge in [0.25, 0.3) is 0 Å². The number of carbonyl (C=O) groups is 1. The van der Waals surface area contributed by atoms with Crippen molar-refractivity contribution in [2.75, 3.05) is 24.7 Å². The largest absolute Gasteiger partial charge is 0.397 e. The molecule has 0 amide bonds. The predicted octanol–water partition coefficient (Wildman–Crippen LogP) is -1.86. The molecule has 1 aliphatic carbocycles. The summed E-state index contributed by atoms with van der Waals surface area (Å²) < 4.78 is 118. The first kappa shape index (κ1) is 30.2. The number of nitrogens with two attached hydrogens (primary N) is 2. The maximum Gasteiger partial charge on any atom is 0.397 e. The molecule has 202 valence electrons. The molecule has 0 radical (unpaired) electrons. The van der Waals surface area contributed by atoms with Crippen LogP contribution >= 0.6 is 0 Å². The maximum atomic E-state index is 13.3. The Balaban J connectivity index is 2.61. The van der Waals surface area contributed by atoms with E-state index in [-0.39, 0.29) is 11.1 Å². The van der Waals surface area contributed by atoms with Crippen molar-refractivity contribution in [2.45, 2.75) is 9.74 Å². The molecule has 15 nitrogen and oxygen atoms in total. The van der Waals surface area contributed by atoms with Crippen molar-refractivity contribution in [3.8, 4) is 0 Å². The smallest absolute Gasteiger partial charge is 0.308 e. The number of hydrogen-bond acceptors (Lipinski definition) is 13. The molecule has 36 heavy (non-hydrogen) atoms. The van der Waals surface area contributed by atoms with Crippen LogP contribution in [-0.2, 0) is 48.8 Å². The minimum Gasteiger partial charge on any atom is -0.308 e. The Morgan fingerprint density at radius 1 is 0.806 bits per heavy atom. The standard InChI is InChI=1S/C17H22N2O13S4/c18-16(19)12-14(15(20)13-4-2-1-3-5-13)6-7-17(16,33(21,22)10-8-31-35(25,26)27)34(23,24)11-9-32-36(28,29)30/h1-7,12H,8-11,18-19H2,(H,25,26,27)(H,28,29,30). The number of sulfone groups is 2. The first-order valence-electron chi connectivity index (χ1n) is 9.52. The molecule has 1 aliphatic rings. The summed E-state index contributed by atoms with van der Waals surface area (Å²) in [6.07, 6.45) is 2.02. The average molecular weight is 591 g/mol. The van der Waals surface area contributed by atoms with E-state index in [1.54, 1.807) is 6.07 Å². The first-order valence-corrected chi connectivity index (χ1v) is 15.6. The van der Waals surface area contributed by atoms with Gasteiger partial charge >= 0.3 is 20.8 Å². The Hall–Kier alpha value is -2.07. The highest BCUT2D eigenvalue weighted by Gasteiger charge is 2.63. The van der Waals surface area contributed by atoms with E-state index in [1.807, 2.05) is 0 Å². The molecular weight excluding hydrogens is 568 g/mol. The summed E-state index contributed by atoms with van der Waals surface area (Å²) in [4.78, 5) is 12.8. The summed E-state index contributed by atoms with van der Waals surface area (Å²) in [5.41, 5.74) is 8.92. The summed E-state index contributed by atoms with van der Waals surface area (Å²) in [6.45, 7) is -2.49. The van der Waals surface area contributed by atoms with Crippen LogP contribution in [0.1, 0.15) is 10.4 Å². The van der Waals surface area contributed by atoms with E-state index < -0.39 is 80.7 Å². The molecule has 0 aliphatic heterocycles. The van der Waals surface area contributed by atoms with Crippen molar-refractivity contribution in [1.29, 1.82) is 0 Å². The molecule has 0 atom stereocenters. The van der Waals surface area contributed by atoms with Crippen LogP contribution in [0.5, 0.6) is 0 Å². The van der Waals surface area contributed by atoms with Gasteiger partial charge in [-0.1, -0.05) is 36.4 Å². The lowest BCUT2D eigenvalue weighted by molar-refractivity contribution is 0.103. The van der Waals surface area contributed by atoms with E-state index >= 15 is 0 Å². The van der Waals surface area contributed by atoms with Crippen molar-refractivity contribution in [1.82, 2.24) is 0 Å². The fraction of sp³-hybridized carbons (Fsp3) is 0.353. The molecule has 19 heteroatoms. The van der Waals surface area contributed by atoms with Crippen molar-refractivity contribution < 1.29 is 55.9 Å². The molecule has 0 saturated carbocycles. The number of rotatable bonds is 12. The number of allylic oxidation sites excluding steroid dienone is 2. The summed E-state index contributed by atoms with van der Waals surface area (Å²) in [5.74, 6) is -3.41. The fourth-order valence-corrected chi connectivity index (χ4v) is 9.19. The highest BCUT2D eigenvalue weighted by Crippen LogP contribution is 2.40. The van der Waals surface area contributed by atoms with Crippen LogP contribution in [-0.4, -0.2) is 83.0 Å². The SMILES string of the molecule is NC1(N)C=C(C(=O)c2ccccc2)C=CC1(S(=O)(=O)CCOS(=O)(=O)O)S(=O)(=O)CCOS(=O)(=O)O. The molecule has 0 fully saturated rings. The Labute approximate surface area is 207 Å². The quantitative estimate of drug-likeness (QED) is 0.118. The van der Waals surface area contributed by atoms with Crippen molar-refractivity contribution in [3.63, 3.8) is 0 Å². The molecule has 0 heterocycles. The third-order valence-corrected chi connectivity index (χ3v) is 11.6. The van der Waals surface area contributed by atoms with E-state index in [4.69, 9.17) is 20.6 Å². The lowest BCUT2D eigenvalue weighted by Crippen LogP contribution is -2.73. The summed E-state index contributed by atoms with van der Waals surface area (Å²) in [5, 5.41) is 0. The van der Waals surface area contributed by atoms with E-state index in [0.29, 0.717) is 12.2 Å². The van der Waals surface area contributed by atoms with Crippen LogP contribution in [0.25, 0.3) is 0 Å². The van der Waals surface area contributed by atoms with Gasteiger partial charge in [0.2, 0.25) is 4.08 Å². The van der Waals surface area contributed by atoms with E-state index in [9.17, 15) is 38.5 Å². The highest BCUT2D eigenvalue weighted by atomic mass is 32.3. The van der Waals surface area contributed by atoms with Crippen molar-refractivity contribution in [2.24, 2.45) is 11.5 Å². The van der Waals surface area contributed by atoms with Crippen LogP contribution < -0.4 is 11.5 Å². The number of ketones is 1. The topological polar surface area (TPSA) is 265 Å². The molecule has 2 rings (SSSR count). The minimum atomic E-state index is -5.16. The summed E-state index contributed by atoms with van der Waals surface area (Å²) in [6, 6.07) is 7.51. The van der Waals surface area contributed by atoms with Gasteiger partial charge < -0.3 is 11.5 Å². The van der Waals surface area contributed by atoms with Gasteiger partial charge in [0.15, 0.2) is 25.5 Å².